The highest BCUT2D eigenvalue weighted by Crippen LogP contribution is 2.29. The Morgan fingerprint density at radius 2 is 1.83 bits per heavy atom. The fraction of sp³-hybridized carbons (Fsp3) is 0.200. The van der Waals surface area contributed by atoms with Gasteiger partial charge in [-0.2, -0.15) is 0 Å². The second-order valence-electron chi connectivity index (χ2n) is 4.17. The molecule has 0 aliphatic heterocycles. The van der Waals surface area contributed by atoms with Crippen molar-refractivity contribution in [3.63, 3.8) is 0 Å². The maximum Gasteiger partial charge on any atom is 0.115 e. The molecule has 0 heterocycles. The molecule has 94 valence electrons. The quantitative estimate of drug-likeness (QED) is 0.812. The van der Waals surface area contributed by atoms with Crippen LogP contribution >= 0.6 is 0 Å². The summed E-state index contributed by atoms with van der Waals surface area (Å²) in [5.74, 6) is 0.257. The van der Waals surface area contributed by atoms with E-state index in [-0.39, 0.29) is 5.75 Å². The number of ether oxygens (including phenoxy) is 1. The topological polar surface area (TPSA) is 55.5 Å². The van der Waals surface area contributed by atoms with Crippen LogP contribution < -0.4 is 5.73 Å². The third-order valence-corrected chi connectivity index (χ3v) is 2.95. The zero-order chi connectivity index (χ0) is 13.0. The Morgan fingerprint density at radius 3 is 2.50 bits per heavy atom. The van der Waals surface area contributed by atoms with E-state index in [1.54, 1.807) is 19.2 Å². The molecule has 0 bridgehead atoms. The third-order valence-electron chi connectivity index (χ3n) is 2.95. The molecule has 2 aromatic rings. The van der Waals surface area contributed by atoms with E-state index in [0.717, 1.165) is 28.8 Å². The highest BCUT2D eigenvalue weighted by Gasteiger charge is 2.06. The fourth-order valence-corrected chi connectivity index (χ4v) is 1.94. The number of phenols is 1. The van der Waals surface area contributed by atoms with Crippen molar-refractivity contribution < 1.29 is 9.84 Å². The van der Waals surface area contributed by atoms with Crippen molar-refractivity contribution >= 4 is 5.69 Å². The largest absolute Gasteiger partial charge is 0.508 e. The Balaban J connectivity index is 2.36. The van der Waals surface area contributed by atoms with Crippen molar-refractivity contribution in [1.29, 1.82) is 0 Å². The Bertz CT molecular complexity index is 521. The average molecular weight is 243 g/mol. The lowest BCUT2D eigenvalue weighted by Crippen LogP contribution is -2.01. The predicted octanol–water partition coefficient (Wildman–Crippen LogP) is 2.83. The summed E-state index contributed by atoms with van der Waals surface area (Å²) in [4.78, 5) is 0. The summed E-state index contributed by atoms with van der Waals surface area (Å²) in [6.45, 7) is 0.656. The number of rotatable bonds is 4. The molecule has 2 aromatic carbocycles. The molecule has 0 atom stereocenters. The van der Waals surface area contributed by atoms with Gasteiger partial charge in [0.15, 0.2) is 0 Å². The molecule has 3 nitrogen and oxygen atoms in total. The molecule has 0 aliphatic carbocycles. The number of para-hydroxylation sites is 1. The van der Waals surface area contributed by atoms with Gasteiger partial charge in [0.2, 0.25) is 0 Å². The molecular weight excluding hydrogens is 226 g/mol. The Kier molecular flexibility index (Phi) is 3.85. The first kappa shape index (κ1) is 12.5. The van der Waals surface area contributed by atoms with E-state index < -0.39 is 0 Å². The van der Waals surface area contributed by atoms with E-state index in [9.17, 15) is 5.11 Å². The van der Waals surface area contributed by atoms with E-state index in [4.69, 9.17) is 10.5 Å². The summed E-state index contributed by atoms with van der Waals surface area (Å²) >= 11 is 0. The number of hydrogen-bond acceptors (Lipinski definition) is 3. The van der Waals surface area contributed by atoms with Crippen LogP contribution in [-0.4, -0.2) is 18.8 Å². The molecule has 0 aromatic heterocycles. The van der Waals surface area contributed by atoms with Gasteiger partial charge in [-0.05, 0) is 29.7 Å². The molecule has 0 aliphatic rings. The fourth-order valence-electron chi connectivity index (χ4n) is 1.94. The maximum atomic E-state index is 9.30. The van der Waals surface area contributed by atoms with Crippen molar-refractivity contribution in [1.82, 2.24) is 0 Å². The zero-order valence-electron chi connectivity index (χ0n) is 10.4. The average Bonchev–Trinajstić information content (AvgIpc) is 2.39. The van der Waals surface area contributed by atoms with Crippen molar-refractivity contribution in [2.75, 3.05) is 19.5 Å². The van der Waals surface area contributed by atoms with Crippen LogP contribution in [0.3, 0.4) is 0 Å². The van der Waals surface area contributed by atoms with Crippen LogP contribution in [-0.2, 0) is 11.2 Å². The third kappa shape index (κ3) is 2.63. The van der Waals surface area contributed by atoms with Gasteiger partial charge in [-0.3, -0.25) is 0 Å². The second kappa shape index (κ2) is 5.56. The molecule has 0 spiro atoms. The van der Waals surface area contributed by atoms with E-state index in [1.165, 1.54) is 0 Å². The SMILES string of the molecule is COCCc1cccc(-c2ccc(O)cc2)c1N. The van der Waals surface area contributed by atoms with E-state index in [2.05, 4.69) is 0 Å². The van der Waals surface area contributed by atoms with Gasteiger partial charge in [0.1, 0.15) is 5.75 Å². The molecule has 0 radical (unpaired) electrons. The minimum atomic E-state index is 0.257. The maximum absolute atomic E-state index is 9.30. The highest BCUT2D eigenvalue weighted by molar-refractivity contribution is 5.78. The predicted molar refractivity (Wildman–Crippen MR) is 73.5 cm³/mol. The first-order valence-corrected chi connectivity index (χ1v) is 5.88. The van der Waals surface area contributed by atoms with Crippen LogP contribution in [0, 0.1) is 0 Å². The number of nitrogens with two attached hydrogens (primary N) is 1. The van der Waals surface area contributed by atoms with Crippen molar-refractivity contribution in [2.24, 2.45) is 0 Å². The van der Waals surface area contributed by atoms with Gasteiger partial charge < -0.3 is 15.6 Å². The summed E-state index contributed by atoms with van der Waals surface area (Å²) in [5.41, 5.74) is 10.0. The number of benzene rings is 2. The number of methoxy groups -OCH3 is 1. The Hall–Kier alpha value is -2.00. The number of hydrogen-bond donors (Lipinski definition) is 2. The van der Waals surface area contributed by atoms with Crippen LogP contribution in [0.4, 0.5) is 5.69 Å². The van der Waals surface area contributed by atoms with Crippen LogP contribution in [0.15, 0.2) is 42.5 Å². The Morgan fingerprint density at radius 1 is 1.11 bits per heavy atom. The van der Waals surface area contributed by atoms with Gasteiger partial charge >= 0.3 is 0 Å². The first-order chi connectivity index (χ1) is 8.72. The van der Waals surface area contributed by atoms with Crippen molar-refractivity contribution in [3.05, 3.63) is 48.0 Å². The summed E-state index contributed by atoms with van der Waals surface area (Å²) in [7, 11) is 1.68. The number of phenolic OH excluding ortho intramolecular Hbond substituents is 1. The van der Waals surface area contributed by atoms with E-state index in [1.807, 2.05) is 30.3 Å². The monoisotopic (exact) mass is 243 g/mol. The lowest BCUT2D eigenvalue weighted by molar-refractivity contribution is 0.202. The van der Waals surface area contributed by atoms with Crippen molar-refractivity contribution in [2.45, 2.75) is 6.42 Å². The number of anilines is 1. The molecule has 0 amide bonds. The van der Waals surface area contributed by atoms with E-state index >= 15 is 0 Å². The van der Waals surface area contributed by atoms with Gasteiger partial charge in [-0.25, -0.2) is 0 Å². The standard InChI is InChI=1S/C15H17NO2/c1-18-10-9-12-3-2-4-14(15(12)16)11-5-7-13(17)8-6-11/h2-8,17H,9-10,16H2,1H3. The first-order valence-electron chi connectivity index (χ1n) is 5.88. The normalized spacial score (nSPS) is 10.5. The lowest BCUT2D eigenvalue weighted by Gasteiger charge is -2.11. The highest BCUT2D eigenvalue weighted by atomic mass is 16.5. The van der Waals surface area contributed by atoms with Gasteiger partial charge in [-0.15, -0.1) is 0 Å². The minimum absolute atomic E-state index is 0.257. The van der Waals surface area contributed by atoms with Crippen LogP contribution in [0.2, 0.25) is 0 Å². The van der Waals surface area contributed by atoms with Gasteiger partial charge in [0, 0.05) is 18.4 Å². The number of aromatic hydroxyl groups is 1. The summed E-state index contributed by atoms with van der Waals surface area (Å²) < 4.78 is 5.07. The van der Waals surface area contributed by atoms with Gasteiger partial charge in [-0.1, -0.05) is 30.3 Å². The molecule has 18 heavy (non-hydrogen) atoms. The minimum Gasteiger partial charge on any atom is -0.508 e. The molecular formula is C15H17NO2. The zero-order valence-corrected chi connectivity index (χ0v) is 10.4. The lowest BCUT2D eigenvalue weighted by atomic mass is 9.99. The molecule has 3 heteroatoms. The molecule has 0 unspecified atom stereocenters. The molecule has 0 saturated heterocycles. The second-order valence-corrected chi connectivity index (χ2v) is 4.17. The van der Waals surface area contributed by atoms with E-state index in [0.29, 0.717) is 6.61 Å². The molecule has 0 saturated carbocycles. The summed E-state index contributed by atoms with van der Waals surface area (Å²) in [6, 6.07) is 13.0. The summed E-state index contributed by atoms with van der Waals surface area (Å²) in [5, 5.41) is 9.30. The molecule has 2 rings (SSSR count). The molecule has 3 N–H and O–H groups in total. The van der Waals surface area contributed by atoms with Crippen LogP contribution in [0.25, 0.3) is 11.1 Å². The smallest absolute Gasteiger partial charge is 0.115 e. The van der Waals surface area contributed by atoms with Gasteiger partial charge in [0.05, 0.1) is 6.61 Å². The van der Waals surface area contributed by atoms with Crippen LogP contribution in [0.5, 0.6) is 5.75 Å². The van der Waals surface area contributed by atoms with Crippen molar-refractivity contribution in [3.8, 4) is 16.9 Å². The summed E-state index contributed by atoms with van der Waals surface area (Å²) in [6.07, 6.45) is 0.800. The van der Waals surface area contributed by atoms with Gasteiger partial charge in [0.25, 0.3) is 0 Å². The molecule has 0 fully saturated rings. The number of nitrogen functional groups attached to an aromatic ring is 1. The Labute approximate surface area is 107 Å². The van der Waals surface area contributed by atoms with Crippen LogP contribution in [0.1, 0.15) is 5.56 Å².